The fourth-order valence-electron chi connectivity index (χ4n) is 2.50. The van der Waals surface area contributed by atoms with Gasteiger partial charge in [0, 0.05) is 5.54 Å². The monoisotopic (exact) mass is 298 g/mol. The van der Waals surface area contributed by atoms with Gasteiger partial charge in [-0.1, -0.05) is 0 Å². The Bertz CT molecular complexity index is 393. The summed E-state index contributed by atoms with van der Waals surface area (Å²) in [6.07, 6.45) is 1.67. The van der Waals surface area contributed by atoms with Gasteiger partial charge < -0.3 is 10.1 Å². The van der Waals surface area contributed by atoms with Gasteiger partial charge in [-0.15, -0.1) is 0 Å². The van der Waals surface area contributed by atoms with Crippen LogP contribution in [0.4, 0.5) is 0 Å². The lowest BCUT2D eigenvalue weighted by Gasteiger charge is -2.32. The first-order valence-electron chi connectivity index (χ1n) is 7.71. The molecule has 2 atom stereocenters. The average Bonchev–Trinajstić information content (AvgIpc) is 2.71. The van der Waals surface area contributed by atoms with Crippen LogP contribution in [-0.4, -0.2) is 46.5 Å². The summed E-state index contributed by atoms with van der Waals surface area (Å²) in [5.74, 6) is -0.270. The fraction of sp³-hybridized carbons (Fsp3) is 0.875. The Morgan fingerprint density at radius 3 is 2.24 bits per heavy atom. The summed E-state index contributed by atoms with van der Waals surface area (Å²) in [7, 11) is 0. The van der Waals surface area contributed by atoms with E-state index in [9.17, 15) is 9.59 Å². The minimum atomic E-state index is -0.498. The van der Waals surface area contributed by atoms with Gasteiger partial charge in [-0.05, 0) is 67.9 Å². The lowest BCUT2D eigenvalue weighted by Crippen LogP contribution is -2.54. The first-order chi connectivity index (χ1) is 9.41. The van der Waals surface area contributed by atoms with Gasteiger partial charge >= 0.3 is 5.97 Å². The second-order valence-electron chi connectivity index (χ2n) is 7.84. The topological polar surface area (TPSA) is 58.6 Å². The smallest absolute Gasteiger partial charge is 0.323 e. The molecule has 1 aliphatic rings. The molecule has 21 heavy (non-hydrogen) atoms. The largest absolute Gasteiger partial charge is 0.459 e. The molecule has 1 rings (SSSR count). The Kier molecular flexibility index (Phi) is 5.42. The number of ether oxygens (including phenoxy) is 1. The van der Waals surface area contributed by atoms with E-state index in [1.807, 2.05) is 53.4 Å². The summed E-state index contributed by atoms with van der Waals surface area (Å²) in [5.41, 5.74) is -0.769. The van der Waals surface area contributed by atoms with Gasteiger partial charge in [-0.2, -0.15) is 0 Å². The standard InChI is InChI=1S/C16H30N2O3/c1-11(13(19)17-15(2,3)4)18-10-8-9-12(18)14(20)21-16(5,6)7/h11-12H,8-10H2,1-7H3,(H,17,19)/t11?,12-/m0/s1. The molecule has 0 spiro atoms. The van der Waals surface area contributed by atoms with Gasteiger partial charge in [-0.25, -0.2) is 0 Å². The summed E-state index contributed by atoms with van der Waals surface area (Å²) in [5, 5.41) is 2.97. The molecule has 5 heteroatoms. The predicted octanol–water partition coefficient (Wildman–Crippen LogP) is 2.10. The first-order valence-corrected chi connectivity index (χ1v) is 7.71. The molecule has 0 radical (unpaired) electrons. The van der Waals surface area contributed by atoms with Crippen molar-refractivity contribution in [2.45, 2.75) is 84.5 Å². The number of hydrogen-bond donors (Lipinski definition) is 1. The zero-order chi connectivity index (χ0) is 16.4. The molecule has 0 saturated carbocycles. The Morgan fingerprint density at radius 1 is 1.19 bits per heavy atom. The van der Waals surface area contributed by atoms with E-state index in [1.54, 1.807) is 0 Å². The molecule has 5 nitrogen and oxygen atoms in total. The molecule has 122 valence electrons. The highest BCUT2D eigenvalue weighted by Gasteiger charge is 2.39. The van der Waals surface area contributed by atoms with Crippen molar-refractivity contribution in [1.29, 1.82) is 0 Å². The predicted molar refractivity (Wildman–Crippen MR) is 82.9 cm³/mol. The third kappa shape index (κ3) is 5.65. The van der Waals surface area contributed by atoms with Crippen LogP contribution < -0.4 is 5.32 Å². The Labute approximate surface area is 128 Å². The Hall–Kier alpha value is -1.10. The van der Waals surface area contributed by atoms with E-state index in [0.717, 1.165) is 19.4 Å². The van der Waals surface area contributed by atoms with Crippen LogP contribution in [0.15, 0.2) is 0 Å². The van der Waals surface area contributed by atoms with Crippen LogP contribution in [0.5, 0.6) is 0 Å². The van der Waals surface area contributed by atoms with E-state index < -0.39 is 5.60 Å². The van der Waals surface area contributed by atoms with Crippen molar-refractivity contribution in [2.75, 3.05) is 6.54 Å². The van der Waals surface area contributed by atoms with Gasteiger partial charge in [0.15, 0.2) is 0 Å². The second-order valence-corrected chi connectivity index (χ2v) is 7.84. The van der Waals surface area contributed by atoms with Crippen molar-refractivity contribution < 1.29 is 14.3 Å². The van der Waals surface area contributed by atoms with E-state index in [1.165, 1.54) is 0 Å². The molecule has 1 N–H and O–H groups in total. The summed E-state index contributed by atoms with van der Waals surface area (Å²) in [6.45, 7) is 14.0. The molecule has 1 heterocycles. The summed E-state index contributed by atoms with van der Waals surface area (Å²) in [6, 6.07) is -0.644. The number of carbonyl (C=O) groups excluding carboxylic acids is 2. The van der Waals surface area contributed by atoms with Crippen molar-refractivity contribution in [2.24, 2.45) is 0 Å². The third-order valence-corrected chi connectivity index (χ3v) is 3.35. The highest BCUT2D eigenvalue weighted by Crippen LogP contribution is 2.23. The quantitative estimate of drug-likeness (QED) is 0.811. The number of esters is 1. The molecule has 1 saturated heterocycles. The molecule has 0 bridgehead atoms. The van der Waals surface area contributed by atoms with Crippen LogP contribution in [-0.2, 0) is 14.3 Å². The molecular formula is C16H30N2O3. The van der Waals surface area contributed by atoms with Crippen molar-refractivity contribution in [3.8, 4) is 0 Å². The van der Waals surface area contributed by atoms with Crippen LogP contribution in [0.1, 0.15) is 61.3 Å². The van der Waals surface area contributed by atoms with Gasteiger partial charge in [0.2, 0.25) is 5.91 Å². The maximum atomic E-state index is 12.3. The maximum Gasteiger partial charge on any atom is 0.323 e. The van der Waals surface area contributed by atoms with E-state index in [-0.39, 0.29) is 29.5 Å². The zero-order valence-corrected chi connectivity index (χ0v) is 14.4. The fourth-order valence-corrected chi connectivity index (χ4v) is 2.50. The van der Waals surface area contributed by atoms with E-state index in [2.05, 4.69) is 5.32 Å². The highest BCUT2D eigenvalue weighted by molar-refractivity contribution is 5.84. The van der Waals surface area contributed by atoms with E-state index in [0.29, 0.717) is 0 Å². The molecule has 0 aromatic rings. The van der Waals surface area contributed by atoms with Gasteiger partial charge in [0.1, 0.15) is 11.6 Å². The lowest BCUT2D eigenvalue weighted by atomic mass is 10.1. The van der Waals surface area contributed by atoms with Crippen molar-refractivity contribution in [3.63, 3.8) is 0 Å². The van der Waals surface area contributed by atoms with E-state index >= 15 is 0 Å². The third-order valence-electron chi connectivity index (χ3n) is 3.35. The van der Waals surface area contributed by atoms with Crippen molar-refractivity contribution in [1.82, 2.24) is 10.2 Å². The molecule has 1 amide bonds. The summed E-state index contributed by atoms with van der Waals surface area (Å²) < 4.78 is 5.47. The molecule has 0 aliphatic carbocycles. The number of rotatable bonds is 3. The number of amides is 1. The SMILES string of the molecule is CC(C(=O)NC(C)(C)C)N1CCC[C@H]1C(=O)OC(C)(C)C. The highest BCUT2D eigenvalue weighted by atomic mass is 16.6. The van der Waals surface area contributed by atoms with Crippen LogP contribution in [0.3, 0.4) is 0 Å². The summed E-state index contributed by atoms with van der Waals surface area (Å²) >= 11 is 0. The molecule has 1 aliphatic heterocycles. The molecular weight excluding hydrogens is 268 g/mol. The summed E-state index contributed by atoms with van der Waals surface area (Å²) in [4.78, 5) is 26.5. The minimum absolute atomic E-state index is 0.0436. The molecule has 1 unspecified atom stereocenters. The van der Waals surface area contributed by atoms with Gasteiger partial charge in [-0.3, -0.25) is 14.5 Å². The normalized spacial score (nSPS) is 22.0. The Morgan fingerprint density at radius 2 is 1.76 bits per heavy atom. The lowest BCUT2D eigenvalue weighted by molar-refractivity contribution is -0.161. The zero-order valence-electron chi connectivity index (χ0n) is 14.4. The van der Waals surface area contributed by atoms with Crippen molar-refractivity contribution >= 4 is 11.9 Å². The number of carbonyl (C=O) groups is 2. The number of nitrogens with one attached hydrogen (secondary N) is 1. The van der Waals surface area contributed by atoms with Crippen LogP contribution in [0.25, 0.3) is 0 Å². The molecule has 0 aromatic carbocycles. The van der Waals surface area contributed by atoms with E-state index in [4.69, 9.17) is 4.74 Å². The average molecular weight is 298 g/mol. The number of nitrogens with zero attached hydrogens (tertiary/aromatic N) is 1. The van der Waals surface area contributed by atoms with Crippen molar-refractivity contribution in [3.05, 3.63) is 0 Å². The van der Waals surface area contributed by atoms with Gasteiger partial charge in [0.05, 0.1) is 6.04 Å². The maximum absolute atomic E-state index is 12.3. The minimum Gasteiger partial charge on any atom is -0.459 e. The number of hydrogen-bond acceptors (Lipinski definition) is 4. The van der Waals surface area contributed by atoms with Gasteiger partial charge in [0.25, 0.3) is 0 Å². The van der Waals surface area contributed by atoms with Crippen LogP contribution in [0, 0.1) is 0 Å². The van der Waals surface area contributed by atoms with Crippen LogP contribution in [0.2, 0.25) is 0 Å². The number of likely N-dealkylation sites (tertiary alicyclic amines) is 1. The molecule has 0 aromatic heterocycles. The first kappa shape index (κ1) is 18.0. The van der Waals surface area contributed by atoms with Crippen LogP contribution >= 0.6 is 0 Å². The Balaban J connectivity index is 2.72. The molecule has 1 fully saturated rings. The second kappa shape index (κ2) is 6.34.